The monoisotopic (exact) mass is 667 g/mol. The second-order valence-corrected chi connectivity index (χ2v) is 14.0. The number of nitrogens with zero attached hydrogens (tertiary/aromatic N) is 3. The van der Waals surface area contributed by atoms with Gasteiger partial charge in [-0.15, -0.1) is 0 Å². The molecule has 0 spiro atoms. The molecule has 246 valence electrons. The van der Waals surface area contributed by atoms with Crippen LogP contribution in [-0.4, -0.2) is 15.0 Å². The van der Waals surface area contributed by atoms with Gasteiger partial charge in [0.15, 0.2) is 17.5 Å². The molecule has 0 saturated carbocycles. The van der Waals surface area contributed by atoms with Gasteiger partial charge < -0.3 is 4.42 Å². The van der Waals surface area contributed by atoms with Crippen molar-refractivity contribution >= 4 is 21.9 Å². The molecule has 4 heteroatoms. The second-order valence-electron chi connectivity index (χ2n) is 14.0. The van der Waals surface area contributed by atoms with E-state index in [9.17, 15) is 0 Å². The van der Waals surface area contributed by atoms with Gasteiger partial charge >= 0.3 is 0 Å². The van der Waals surface area contributed by atoms with Gasteiger partial charge in [-0.05, 0) is 68.8 Å². The largest absolute Gasteiger partial charge is 0.456 e. The molecule has 1 aliphatic carbocycles. The van der Waals surface area contributed by atoms with Crippen molar-refractivity contribution in [3.05, 3.63) is 175 Å². The van der Waals surface area contributed by atoms with E-state index in [1.807, 2.05) is 48.5 Å². The van der Waals surface area contributed by atoms with Crippen LogP contribution in [0.2, 0.25) is 0 Å². The normalized spacial score (nSPS) is 13.0. The maximum atomic E-state index is 6.47. The van der Waals surface area contributed by atoms with Crippen LogP contribution in [0.25, 0.3) is 89.5 Å². The molecule has 7 aromatic carbocycles. The number of aromatic nitrogens is 3. The lowest BCUT2D eigenvalue weighted by Gasteiger charge is -2.22. The fourth-order valence-electron chi connectivity index (χ4n) is 7.86. The second kappa shape index (κ2) is 11.7. The molecule has 0 unspecified atom stereocenters. The van der Waals surface area contributed by atoms with Gasteiger partial charge in [-0.1, -0.05) is 153 Å². The predicted molar refractivity (Wildman–Crippen MR) is 212 cm³/mol. The molecule has 2 aromatic heterocycles. The van der Waals surface area contributed by atoms with Crippen LogP contribution < -0.4 is 0 Å². The first-order chi connectivity index (χ1) is 25.5. The van der Waals surface area contributed by atoms with Crippen LogP contribution in [0.15, 0.2) is 168 Å². The summed E-state index contributed by atoms with van der Waals surface area (Å²) in [5.41, 5.74) is 14.3. The molecule has 0 fully saturated rings. The summed E-state index contributed by atoms with van der Waals surface area (Å²) in [6.45, 7) is 4.65. The van der Waals surface area contributed by atoms with Crippen molar-refractivity contribution < 1.29 is 4.42 Å². The molecule has 0 amide bonds. The summed E-state index contributed by atoms with van der Waals surface area (Å²) in [6.07, 6.45) is 0. The van der Waals surface area contributed by atoms with Gasteiger partial charge in [0.25, 0.3) is 0 Å². The fourth-order valence-corrected chi connectivity index (χ4v) is 7.86. The smallest absolute Gasteiger partial charge is 0.164 e. The third-order valence-corrected chi connectivity index (χ3v) is 10.6. The SMILES string of the molecule is CC1(C)c2ccccc2-c2ccc(-c3ccc4oc5cccc(-c6nc(-c7ccccc7)nc(-c7ccc(-c8ccccc8)cc7)n6)c5c4c3)cc21. The highest BCUT2D eigenvalue weighted by Gasteiger charge is 2.35. The average Bonchev–Trinajstić information content (AvgIpc) is 3.70. The Bertz CT molecular complexity index is 2800. The zero-order valence-electron chi connectivity index (χ0n) is 28.8. The van der Waals surface area contributed by atoms with Crippen molar-refractivity contribution in [3.8, 4) is 67.5 Å². The molecule has 10 rings (SSSR count). The van der Waals surface area contributed by atoms with E-state index < -0.39 is 0 Å². The van der Waals surface area contributed by atoms with E-state index in [0.29, 0.717) is 17.5 Å². The van der Waals surface area contributed by atoms with E-state index in [4.69, 9.17) is 19.4 Å². The molecule has 4 nitrogen and oxygen atoms in total. The summed E-state index contributed by atoms with van der Waals surface area (Å²) in [5, 5.41) is 2.02. The van der Waals surface area contributed by atoms with Crippen LogP contribution >= 0.6 is 0 Å². The number of rotatable bonds is 5. The molecular formula is C48H33N3O. The first-order valence-electron chi connectivity index (χ1n) is 17.7. The van der Waals surface area contributed by atoms with E-state index in [1.165, 1.54) is 33.4 Å². The Balaban J connectivity index is 1.12. The Kier molecular flexibility index (Phi) is 6.80. The van der Waals surface area contributed by atoms with Crippen molar-refractivity contribution in [3.63, 3.8) is 0 Å². The summed E-state index contributed by atoms with van der Waals surface area (Å²) >= 11 is 0. The van der Waals surface area contributed by atoms with Gasteiger partial charge in [-0.2, -0.15) is 0 Å². The predicted octanol–water partition coefficient (Wildman–Crippen LogP) is 12.4. The highest BCUT2D eigenvalue weighted by atomic mass is 16.3. The van der Waals surface area contributed by atoms with E-state index in [-0.39, 0.29) is 5.41 Å². The van der Waals surface area contributed by atoms with Crippen LogP contribution in [0.4, 0.5) is 0 Å². The molecule has 1 aliphatic rings. The van der Waals surface area contributed by atoms with Gasteiger partial charge in [0.05, 0.1) is 0 Å². The number of fused-ring (bicyclic) bond motifs is 6. The summed E-state index contributed by atoms with van der Waals surface area (Å²) in [5.74, 6) is 1.85. The van der Waals surface area contributed by atoms with Gasteiger partial charge in [-0.3, -0.25) is 0 Å². The Morgan fingerprint density at radius 1 is 0.385 bits per heavy atom. The molecule has 0 aliphatic heterocycles. The number of hydrogen-bond acceptors (Lipinski definition) is 4. The molecule has 52 heavy (non-hydrogen) atoms. The quantitative estimate of drug-likeness (QED) is 0.183. The molecule has 9 aromatic rings. The van der Waals surface area contributed by atoms with Crippen LogP contribution in [0.3, 0.4) is 0 Å². The topological polar surface area (TPSA) is 51.8 Å². The molecule has 2 heterocycles. The van der Waals surface area contributed by atoms with E-state index in [2.05, 4.69) is 129 Å². The number of hydrogen-bond donors (Lipinski definition) is 0. The Morgan fingerprint density at radius 3 is 1.69 bits per heavy atom. The van der Waals surface area contributed by atoms with E-state index in [0.717, 1.165) is 49.8 Å². The zero-order valence-corrected chi connectivity index (χ0v) is 28.8. The standard InChI is InChI=1S/C48H33N3O/c1-48(2)40-18-10-9-16-36(40)37-26-24-35(29-41(37)48)34-25-27-42-39(28-34)44-38(17-11-19-43(44)52-42)47-50-45(32-14-7-4-8-15-32)49-46(51-47)33-22-20-31(21-23-33)30-12-5-3-6-13-30/h3-29H,1-2H3. The summed E-state index contributed by atoms with van der Waals surface area (Å²) in [4.78, 5) is 15.2. The third kappa shape index (κ3) is 4.87. The van der Waals surface area contributed by atoms with Gasteiger partial charge in [0.1, 0.15) is 11.2 Å². The van der Waals surface area contributed by atoms with E-state index in [1.54, 1.807) is 0 Å². The average molecular weight is 668 g/mol. The van der Waals surface area contributed by atoms with Crippen LogP contribution in [-0.2, 0) is 5.41 Å². The van der Waals surface area contributed by atoms with Crippen molar-refractivity contribution in [2.24, 2.45) is 0 Å². The minimum atomic E-state index is -0.0732. The minimum Gasteiger partial charge on any atom is -0.456 e. The van der Waals surface area contributed by atoms with Crippen LogP contribution in [0.1, 0.15) is 25.0 Å². The molecule has 0 N–H and O–H groups in total. The van der Waals surface area contributed by atoms with Gasteiger partial charge in [0.2, 0.25) is 0 Å². The Hall–Kier alpha value is -6.65. The lowest BCUT2D eigenvalue weighted by atomic mass is 9.81. The fraction of sp³-hybridized carbons (Fsp3) is 0.0625. The zero-order chi connectivity index (χ0) is 34.8. The first kappa shape index (κ1) is 30.2. The van der Waals surface area contributed by atoms with Crippen LogP contribution in [0.5, 0.6) is 0 Å². The first-order valence-corrected chi connectivity index (χ1v) is 17.7. The molecule has 0 radical (unpaired) electrons. The lowest BCUT2D eigenvalue weighted by Crippen LogP contribution is -2.14. The van der Waals surface area contributed by atoms with Crippen molar-refractivity contribution in [2.75, 3.05) is 0 Å². The van der Waals surface area contributed by atoms with Crippen molar-refractivity contribution in [1.29, 1.82) is 0 Å². The lowest BCUT2D eigenvalue weighted by molar-refractivity contribution is 0.660. The number of furan rings is 1. The Labute approximate surface area is 302 Å². The van der Waals surface area contributed by atoms with Crippen molar-refractivity contribution in [1.82, 2.24) is 15.0 Å². The highest BCUT2D eigenvalue weighted by Crippen LogP contribution is 2.49. The van der Waals surface area contributed by atoms with Gasteiger partial charge in [-0.25, -0.2) is 15.0 Å². The molecule has 0 atom stereocenters. The van der Waals surface area contributed by atoms with E-state index >= 15 is 0 Å². The van der Waals surface area contributed by atoms with Crippen molar-refractivity contribution in [2.45, 2.75) is 19.3 Å². The van der Waals surface area contributed by atoms with Crippen LogP contribution in [0, 0.1) is 0 Å². The summed E-state index contributed by atoms with van der Waals surface area (Å²) in [7, 11) is 0. The highest BCUT2D eigenvalue weighted by molar-refractivity contribution is 6.12. The number of benzene rings is 7. The maximum Gasteiger partial charge on any atom is 0.164 e. The summed E-state index contributed by atoms with van der Waals surface area (Å²) in [6, 6.07) is 57.2. The summed E-state index contributed by atoms with van der Waals surface area (Å²) < 4.78 is 6.47. The molecular weight excluding hydrogens is 635 g/mol. The maximum absolute atomic E-state index is 6.47. The third-order valence-electron chi connectivity index (χ3n) is 10.6. The minimum absolute atomic E-state index is 0.0732. The van der Waals surface area contributed by atoms with Gasteiger partial charge in [0, 0.05) is 32.9 Å². The molecule has 0 saturated heterocycles. The molecule has 0 bridgehead atoms. The Morgan fingerprint density at radius 2 is 0.923 bits per heavy atom.